The average molecular weight is 289 g/mol. The van der Waals surface area contributed by atoms with Gasteiger partial charge in [0, 0.05) is 12.4 Å². The van der Waals surface area contributed by atoms with Crippen molar-refractivity contribution in [1.82, 2.24) is 9.13 Å². The number of methoxy groups -OCH3 is 1. The number of ether oxygens (including phenoxy) is 1. The fourth-order valence-corrected chi connectivity index (χ4v) is 1.98. The Bertz CT molecular complexity index is 805. The lowest BCUT2D eigenvalue weighted by Gasteiger charge is -2.12. The van der Waals surface area contributed by atoms with Crippen molar-refractivity contribution in [2.45, 2.75) is 13.5 Å². The molecule has 0 unspecified atom stereocenters. The summed E-state index contributed by atoms with van der Waals surface area (Å²) in [6.07, 6.45) is 2.75. The number of rotatable bonds is 4. The molecule has 1 aromatic carbocycles. The van der Waals surface area contributed by atoms with E-state index in [1.807, 2.05) is 13.0 Å². The lowest BCUT2D eigenvalue weighted by Crippen LogP contribution is -2.41. The zero-order valence-corrected chi connectivity index (χ0v) is 11.7. The lowest BCUT2D eigenvalue weighted by molar-refractivity contribution is -0.118. The van der Waals surface area contributed by atoms with Gasteiger partial charge in [0.25, 0.3) is 0 Å². The summed E-state index contributed by atoms with van der Waals surface area (Å²) in [4.78, 5) is 35.0. The van der Waals surface area contributed by atoms with Crippen LogP contribution < -0.4 is 21.6 Å². The van der Waals surface area contributed by atoms with Gasteiger partial charge in [-0.2, -0.15) is 0 Å². The second kappa shape index (κ2) is 5.66. The van der Waals surface area contributed by atoms with E-state index in [1.165, 1.54) is 24.1 Å². The van der Waals surface area contributed by atoms with Gasteiger partial charge in [0.2, 0.25) is 5.91 Å². The Morgan fingerprint density at radius 1 is 1.24 bits per heavy atom. The van der Waals surface area contributed by atoms with Gasteiger partial charge in [-0.05, 0) is 24.6 Å². The Morgan fingerprint density at radius 3 is 2.57 bits per heavy atom. The van der Waals surface area contributed by atoms with Crippen molar-refractivity contribution in [1.29, 1.82) is 0 Å². The molecule has 0 atom stereocenters. The van der Waals surface area contributed by atoms with Crippen LogP contribution in [0.15, 0.2) is 40.2 Å². The first-order valence-electron chi connectivity index (χ1n) is 6.19. The topological polar surface area (TPSA) is 96.3 Å². The molecule has 2 rings (SSSR count). The van der Waals surface area contributed by atoms with Crippen LogP contribution in [-0.4, -0.2) is 22.2 Å². The van der Waals surface area contributed by atoms with Crippen LogP contribution >= 0.6 is 0 Å². The monoisotopic (exact) mass is 289 g/mol. The number of carbonyl (C=O) groups is 1. The highest BCUT2D eigenvalue weighted by atomic mass is 16.5. The van der Waals surface area contributed by atoms with Gasteiger partial charge in [0.1, 0.15) is 12.3 Å². The molecule has 7 nitrogen and oxygen atoms in total. The Balaban J connectivity index is 2.64. The highest BCUT2D eigenvalue weighted by Crippen LogP contribution is 2.22. The average Bonchev–Trinajstić information content (AvgIpc) is 2.44. The highest BCUT2D eigenvalue weighted by Gasteiger charge is 2.12. The Hall–Kier alpha value is -2.83. The molecule has 7 heteroatoms. The van der Waals surface area contributed by atoms with Crippen molar-refractivity contribution < 1.29 is 9.53 Å². The van der Waals surface area contributed by atoms with Gasteiger partial charge in [-0.3, -0.25) is 23.5 Å². The van der Waals surface area contributed by atoms with Crippen molar-refractivity contribution in [3.63, 3.8) is 0 Å². The minimum Gasteiger partial charge on any atom is -0.495 e. The number of nitrogens with zero attached hydrogens (tertiary/aromatic N) is 2. The summed E-state index contributed by atoms with van der Waals surface area (Å²) in [7, 11) is 1.48. The van der Waals surface area contributed by atoms with Gasteiger partial charge in [-0.25, -0.2) is 0 Å². The molecule has 1 aromatic heterocycles. The van der Waals surface area contributed by atoms with E-state index < -0.39 is 17.0 Å². The molecule has 21 heavy (non-hydrogen) atoms. The number of aromatic nitrogens is 2. The minimum atomic E-state index is -0.820. The number of benzene rings is 1. The smallest absolute Gasteiger partial charge is 0.321 e. The third kappa shape index (κ3) is 2.86. The normalized spacial score (nSPS) is 10.4. The number of nitrogens with two attached hydrogens (primary N) is 1. The Labute approximate surface area is 120 Å². The van der Waals surface area contributed by atoms with E-state index in [0.29, 0.717) is 11.4 Å². The molecule has 1 heterocycles. The molecule has 0 fully saturated rings. The summed E-state index contributed by atoms with van der Waals surface area (Å²) >= 11 is 0. The first-order valence-corrected chi connectivity index (χ1v) is 6.19. The summed E-state index contributed by atoms with van der Waals surface area (Å²) in [6, 6.07) is 5.28. The molecule has 2 N–H and O–H groups in total. The molecule has 0 saturated carbocycles. The molecule has 0 bridgehead atoms. The van der Waals surface area contributed by atoms with Crippen LogP contribution in [0.3, 0.4) is 0 Å². The molecule has 1 amide bonds. The maximum absolute atomic E-state index is 12.2. The predicted molar refractivity (Wildman–Crippen MR) is 76.8 cm³/mol. The van der Waals surface area contributed by atoms with Crippen molar-refractivity contribution in [2.75, 3.05) is 7.11 Å². The summed E-state index contributed by atoms with van der Waals surface area (Å²) < 4.78 is 7.36. The van der Waals surface area contributed by atoms with Crippen molar-refractivity contribution in [3.05, 3.63) is 56.9 Å². The SMILES string of the molecule is COc1ccc(C)cc1-n1ccn(CC(N)=O)c(=O)c1=O. The van der Waals surface area contributed by atoms with Gasteiger partial charge < -0.3 is 10.5 Å². The zero-order valence-electron chi connectivity index (χ0n) is 11.7. The quantitative estimate of drug-likeness (QED) is 0.788. The number of carbonyl (C=O) groups excluding carboxylic acids is 1. The summed E-state index contributed by atoms with van der Waals surface area (Å²) in [5, 5.41) is 0. The van der Waals surface area contributed by atoms with E-state index in [4.69, 9.17) is 10.5 Å². The number of aryl methyl sites for hydroxylation is 1. The standard InChI is InChI=1S/C14H15N3O4/c1-9-3-4-11(21-2)10(7-9)17-6-5-16(8-12(15)18)13(19)14(17)20/h3-7H,8H2,1-2H3,(H2,15,18). The van der Waals surface area contributed by atoms with Crippen molar-refractivity contribution in [3.8, 4) is 11.4 Å². The van der Waals surface area contributed by atoms with Crippen LogP contribution in [0, 0.1) is 6.92 Å². The second-order valence-corrected chi connectivity index (χ2v) is 4.55. The van der Waals surface area contributed by atoms with Crippen LogP contribution in [0.5, 0.6) is 5.75 Å². The zero-order chi connectivity index (χ0) is 15.6. The number of hydrogen-bond donors (Lipinski definition) is 1. The van der Waals surface area contributed by atoms with Gasteiger partial charge in [0.05, 0.1) is 12.8 Å². The summed E-state index contributed by atoms with van der Waals surface area (Å²) in [6.45, 7) is 1.53. The number of amides is 1. The largest absolute Gasteiger partial charge is 0.495 e. The molecule has 110 valence electrons. The van der Waals surface area contributed by atoms with E-state index >= 15 is 0 Å². The lowest BCUT2D eigenvalue weighted by atomic mass is 10.2. The van der Waals surface area contributed by atoms with E-state index in [2.05, 4.69) is 0 Å². The van der Waals surface area contributed by atoms with E-state index in [0.717, 1.165) is 10.1 Å². The molecule has 0 aliphatic carbocycles. The first-order chi connectivity index (χ1) is 9.93. The Kier molecular flexibility index (Phi) is 3.93. The van der Waals surface area contributed by atoms with Crippen LogP contribution in [-0.2, 0) is 11.3 Å². The fraction of sp³-hybridized carbons (Fsp3) is 0.214. The molecule has 0 spiro atoms. The molecular weight excluding hydrogens is 274 g/mol. The number of hydrogen-bond acceptors (Lipinski definition) is 4. The summed E-state index contributed by atoms with van der Waals surface area (Å²) in [5.74, 6) is -0.225. The predicted octanol–water partition coefficient (Wildman–Crippen LogP) is -0.198. The molecule has 0 aliphatic heterocycles. The van der Waals surface area contributed by atoms with Crippen molar-refractivity contribution in [2.24, 2.45) is 5.73 Å². The molecular formula is C14H15N3O4. The molecule has 2 aromatic rings. The minimum absolute atomic E-state index is 0.333. The van der Waals surface area contributed by atoms with E-state index in [1.54, 1.807) is 12.1 Å². The van der Waals surface area contributed by atoms with Crippen LogP contribution in [0.1, 0.15) is 5.56 Å². The molecule has 0 saturated heterocycles. The fourth-order valence-electron chi connectivity index (χ4n) is 1.98. The van der Waals surface area contributed by atoms with Gasteiger partial charge in [-0.15, -0.1) is 0 Å². The highest BCUT2D eigenvalue weighted by molar-refractivity contribution is 5.73. The first kappa shape index (κ1) is 14.6. The molecule has 0 aliphatic rings. The van der Waals surface area contributed by atoms with E-state index in [9.17, 15) is 14.4 Å². The third-order valence-electron chi connectivity index (χ3n) is 2.98. The van der Waals surface area contributed by atoms with Crippen molar-refractivity contribution >= 4 is 5.91 Å². The van der Waals surface area contributed by atoms with Crippen LogP contribution in [0.25, 0.3) is 5.69 Å². The number of primary amides is 1. The summed E-state index contributed by atoms with van der Waals surface area (Å²) in [5.41, 5.74) is 4.82. The van der Waals surface area contributed by atoms with Gasteiger partial charge in [-0.1, -0.05) is 6.07 Å². The van der Waals surface area contributed by atoms with Crippen LogP contribution in [0.4, 0.5) is 0 Å². The maximum atomic E-state index is 12.2. The molecule has 0 radical (unpaired) electrons. The Morgan fingerprint density at radius 2 is 1.95 bits per heavy atom. The second-order valence-electron chi connectivity index (χ2n) is 4.55. The van der Waals surface area contributed by atoms with E-state index in [-0.39, 0.29) is 6.54 Å². The van der Waals surface area contributed by atoms with Gasteiger partial charge >= 0.3 is 11.1 Å². The van der Waals surface area contributed by atoms with Gasteiger partial charge in [0.15, 0.2) is 0 Å². The van der Waals surface area contributed by atoms with Crippen LogP contribution in [0.2, 0.25) is 0 Å². The third-order valence-corrected chi connectivity index (χ3v) is 2.98. The maximum Gasteiger partial charge on any atom is 0.321 e.